The van der Waals surface area contributed by atoms with Crippen LogP contribution in [0.15, 0.2) is 30.3 Å². The summed E-state index contributed by atoms with van der Waals surface area (Å²) >= 11 is 0. The van der Waals surface area contributed by atoms with Crippen LogP contribution >= 0.6 is 0 Å². The summed E-state index contributed by atoms with van der Waals surface area (Å²) in [5.41, 5.74) is 2.65. The number of hydrogen-bond donors (Lipinski definition) is 1. The Morgan fingerprint density at radius 1 is 1.18 bits per heavy atom. The van der Waals surface area contributed by atoms with E-state index in [1.807, 2.05) is 36.1 Å². The third kappa shape index (κ3) is 3.07. The monoisotopic (exact) mass is 299 g/mol. The number of aromatic nitrogens is 2. The Labute approximate surface area is 128 Å². The number of aryl methyl sites for hydroxylation is 1. The normalized spacial score (nSPS) is 14.9. The van der Waals surface area contributed by atoms with Crippen LogP contribution in [0.5, 0.6) is 0 Å². The van der Waals surface area contributed by atoms with Gasteiger partial charge in [-0.1, -0.05) is 29.8 Å². The van der Waals surface area contributed by atoms with Gasteiger partial charge in [0.25, 0.3) is 0 Å². The molecule has 0 amide bonds. The molecule has 0 atom stereocenters. The van der Waals surface area contributed by atoms with Gasteiger partial charge in [-0.3, -0.25) is 0 Å². The van der Waals surface area contributed by atoms with Gasteiger partial charge in [0.15, 0.2) is 5.69 Å². The molecular weight excluding hydrogens is 282 g/mol. The smallest absolute Gasteiger partial charge is 0.354 e. The Balaban J connectivity index is 2.03. The van der Waals surface area contributed by atoms with Gasteiger partial charge < -0.3 is 14.7 Å². The maximum atomic E-state index is 11.3. The van der Waals surface area contributed by atoms with Crippen LogP contribution in [0.25, 0.3) is 11.3 Å². The van der Waals surface area contributed by atoms with Gasteiger partial charge in [0, 0.05) is 18.7 Å². The van der Waals surface area contributed by atoms with E-state index in [4.69, 9.17) is 4.74 Å². The molecule has 1 fully saturated rings. The Morgan fingerprint density at radius 3 is 2.50 bits per heavy atom. The number of carbonyl (C=O) groups is 1. The van der Waals surface area contributed by atoms with Crippen molar-refractivity contribution < 1.29 is 14.6 Å². The van der Waals surface area contributed by atoms with Gasteiger partial charge in [0.1, 0.15) is 0 Å². The standard InChI is InChI=1S/C16H17N3O3/c1-11-2-4-12(5-3-11)13-10-14(15(20)21)18-16(17-13)19-6-8-22-9-7-19/h2-5,10H,6-9H2,1H3,(H,20,21). The van der Waals surface area contributed by atoms with Crippen molar-refractivity contribution in [2.24, 2.45) is 0 Å². The molecule has 114 valence electrons. The first-order valence-electron chi connectivity index (χ1n) is 7.15. The van der Waals surface area contributed by atoms with E-state index in [1.165, 1.54) is 6.07 Å². The molecule has 2 heterocycles. The van der Waals surface area contributed by atoms with Crippen molar-refractivity contribution in [2.75, 3.05) is 31.2 Å². The molecule has 2 aromatic rings. The molecular formula is C16H17N3O3. The van der Waals surface area contributed by atoms with E-state index in [9.17, 15) is 9.90 Å². The van der Waals surface area contributed by atoms with E-state index in [2.05, 4.69) is 9.97 Å². The number of aromatic carboxylic acids is 1. The van der Waals surface area contributed by atoms with Crippen molar-refractivity contribution >= 4 is 11.9 Å². The average Bonchev–Trinajstić information content (AvgIpc) is 2.56. The number of ether oxygens (including phenoxy) is 1. The van der Waals surface area contributed by atoms with Crippen LogP contribution < -0.4 is 4.90 Å². The molecule has 1 aromatic carbocycles. The summed E-state index contributed by atoms with van der Waals surface area (Å²) in [4.78, 5) is 22.0. The zero-order chi connectivity index (χ0) is 15.5. The molecule has 3 rings (SSSR count). The molecule has 6 heteroatoms. The minimum Gasteiger partial charge on any atom is -0.477 e. The van der Waals surface area contributed by atoms with Crippen molar-refractivity contribution in [3.8, 4) is 11.3 Å². The van der Waals surface area contributed by atoms with Gasteiger partial charge in [-0.15, -0.1) is 0 Å². The predicted octanol–water partition coefficient (Wildman–Crippen LogP) is 1.99. The van der Waals surface area contributed by atoms with Crippen LogP contribution in [-0.2, 0) is 4.74 Å². The molecule has 1 aliphatic rings. The lowest BCUT2D eigenvalue weighted by Crippen LogP contribution is -2.37. The number of rotatable bonds is 3. The minimum absolute atomic E-state index is 0.00654. The van der Waals surface area contributed by atoms with E-state index < -0.39 is 5.97 Å². The van der Waals surface area contributed by atoms with E-state index in [0.717, 1.165) is 11.1 Å². The summed E-state index contributed by atoms with van der Waals surface area (Å²) in [7, 11) is 0. The van der Waals surface area contributed by atoms with Gasteiger partial charge in [-0.2, -0.15) is 0 Å². The van der Waals surface area contributed by atoms with Crippen LogP contribution in [0.3, 0.4) is 0 Å². The first-order valence-corrected chi connectivity index (χ1v) is 7.15. The quantitative estimate of drug-likeness (QED) is 0.934. The van der Waals surface area contributed by atoms with Gasteiger partial charge in [-0.05, 0) is 13.0 Å². The second-order valence-corrected chi connectivity index (χ2v) is 5.21. The molecule has 0 spiro atoms. The molecule has 22 heavy (non-hydrogen) atoms. The first kappa shape index (κ1) is 14.5. The molecule has 0 saturated carbocycles. The number of carboxylic acid groups (broad SMARTS) is 1. The van der Waals surface area contributed by atoms with Gasteiger partial charge in [-0.25, -0.2) is 14.8 Å². The Morgan fingerprint density at radius 2 is 1.86 bits per heavy atom. The highest BCUT2D eigenvalue weighted by molar-refractivity contribution is 5.87. The summed E-state index contributed by atoms with van der Waals surface area (Å²) in [6.45, 7) is 4.53. The van der Waals surface area contributed by atoms with Crippen LogP contribution in [0.2, 0.25) is 0 Å². The molecule has 1 saturated heterocycles. The van der Waals surface area contributed by atoms with Gasteiger partial charge >= 0.3 is 5.97 Å². The molecule has 0 bridgehead atoms. The number of nitrogens with zero attached hydrogens (tertiary/aromatic N) is 3. The lowest BCUT2D eigenvalue weighted by atomic mass is 10.1. The fourth-order valence-electron chi connectivity index (χ4n) is 2.32. The van der Waals surface area contributed by atoms with Crippen LogP contribution in [0, 0.1) is 6.92 Å². The second-order valence-electron chi connectivity index (χ2n) is 5.21. The number of anilines is 1. The fourth-order valence-corrected chi connectivity index (χ4v) is 2.32. The fraction of sp³-hybridized carbons (Fsp3) is 0.312. The molecule has 0 aliphatic carbocycles. The number of benzene rings is 1. The summed E-state index contributed by atoms with van der Waals surface area (Å²) in [6, 6.07) is 9.34. The lowest BCUT2D eigenvalue weighted by Gasteiger charge is -2.27. The van der Waals surface area contributed by atoms with Gasteiger partial charge in [0.05, 0.1) is 18.9 Å². The number of hydrogen-bond acceptors (Lipinski definition) is 5. The van der Waals surface area contributed by atoms with Crippen molar-refractivity contribution in [1.29, 1.82) is 0 Å². The zero-order valence-corrected chi connectivity index (χ0v) is 12.3. The molecule has 1 aliphatic heterocycles. The van der Waals surface area contributed by atoms with Crippen LogP contribution in [0.1, 0.15) is 16.1 Å². The summed E-state index contributed by atoms with van der Waals surface area (Å²) in [5.74, 6) is -0.607. The second kappa shape index (κ2) is 6.11. The zero-order valence-electron chi connectivity index (χ0n) is 12.3. The third-order valence-electron chi connectivity index (χ3n) is 3.57. The lowest BCUT2D eigenvalue weighted by molar-refractivity contribution is 0.0690. The van der Waals surface area contributed by atoms with E-state index in [0.29, 0.717) is 37.9 Å². The maximum Gasteiger partial charge on any atom is 0.354 e. The number of morpholine rings is 1. The first-order chi connectivity index (χ1) is 10.6. The van der Waals surface area contributed by atoms with Gasteiger partial charge in [0.2, 0.25) is 5.95 Å². The summed E-state index contributed by atoms with van der Waals surface area (Å²) in [6.07, 6.45) is 0. The molecule has 6 nitrogen and oxygen atoms in total. The van der Waals surface area contributed by atoms with Crippen LogP contribution in [-0.4, -0.2) is 47.3 Å². The summed E-state index contributed by atoms with van der Waals surface area (Å²) in [5, 5.41) is 9.29. The highest BCUT2D eigenvalue weighted by Gasteiger charge is 2.18. The Kier molecular flexibility index (Phi) is 4.02. The largest absolute Gasteiger partial charge is 0.477 e. The molecule has 0 unspecified atom stereocenters. The third-order valence-corrected chi connectivity index (χ3v) is 3.57. The highest BCUT2D eigenvalue weighted by Crippen LogP contribution is 2.22. The number of carboxylic acids is 1. The highest BCUT2D eigenvalue weighted by atomic mass is 16.5. The topological polar surface area (TPSA) is 75.5 Å². The Bertz CT molecular complexity index is 680. The Hall–Kier alpha value is -2.47. The summed E-state index contributed by atoms with van der Waals surface area (Å²) < 4.78 is 5.31. The SMILES string of the molecule is Cc1ccc(-c2cc(C(=O)O)nc(N3CCOCC3)n2)cc1. The average molecular weight is 299 g/mol. The van der Waals surface area contributed by atoms with Crippen molar-refractivity contribution in [3.05, 3.63) is 41.6 Å². The maximum absolute atomic E-state index is 11.3. The van der Waals surface area contributed by atoms with Crippen molar-refractivity contribution in [2.45, 2.75) is 6.92 Å². The van der Waals surface area contributed by atoms with E-state index >= 15 is 0 Å². The van der Waals surface area contributed by atoms with Crippen molar-refractivity contribution in [1.82, 2.24) is 9.97 Å². The predicted molar refractivity (Wildman–Crippen MR) is 82.2 cm³/mol. The van der Waals surface area contributed by atoms with E-state index in [-0.39, 0.29) is 5.69 Å². The van der Waals surface area contributed by atoms with Crippen molar-refractivity contribution in [3.63, 3.8) is 0 Å². The van der Waals surface area contributed by atoms with Crippen LogP contribution in [0.4, 0.5) is 5.95 Å². The van der Waals surface area contributed by atoms with E-state index in [1.54, 1.807) is 0 Å². The molecule has 1 N–H and O–H groups in total. The minimum atomic E-state index is -1.05. The molecule has 1 aromatic heterocycles. The molecule has 0 radical (unpaired) electrons.